The van der Waals surface area contributed by atoms with Gasteiger partial charge in [0.05, 0.1) is 5.70 Å². The van der Waals surface area contributed by atoms with Crippen LogP contribution in [0, 0.1) is 0 Å². The topological polar surface area (TPSA) is 41.6 Å². The number of hydrogen-bond donors (Lipinski definition) is 1. The number of hydrogen-bond acceptors (Lipinski definition) is 3. The van der Waals surface area contributed by atoms with Gasteiger partial charge in [-0.05, 0) is 19.1 Å². The van der Waals surface area contributed by atoms with E-state index in [-0.39, 0.29) is 0 Å². The van der Waals surface area contributed by atoms with E-state index in [1.165, 1.54) is 25.5 Å². The molecule has 0 aromatic rings. The van der Waals surface area contributed by atoms with Crippen LogP contribution in [0.2, 0.25) is 0 Å². The molecule has 0 amide bonds. The SMILES string of the molecule is CC(N)=CC=NC1=CN(C)C(C(F)(F)F)C=C1. The fourth-order valence-electron chi connectivity index (χ4n) is 1.31. The van der Waals surface area contributed by atoms with Crippen molar-refractivity contribution in [3.63, 3.8) is 0 Å². The van der Waals surface area contributed by atoms with Gasteiger partial charge >= 0.3 is 6.18 Å². The lowest BCUT2D eigenvalue weighted by molar-refractivity contribution is -0.161. The summed E-state index contributed by atoms with van der Waals surface area (Å²) < 4.78 is 37.5. The molecule has 0 aromatic carbocycles. The first-order chi connectivity index (χ1) is 7.80. The molecular formula is C11H14F3N3. The number of likely N-dealkylation sites (N-methyl/N-ethyl adjacent to an activating group) is 1. The maximum absolute atomic E-state index is 12.5. The normalized spacial score (nSPS) is 22.2. The second-order valence-corrected chi connectivity index (χ2v) is 3.75. The van der Waals surface area contributed by atoms with Crippen molar-refractivity contribution < 1.29 is 13.2 Å². The number of aliphatic imine (C=N–C) groups is 1. The van der Waals surface area contributed by atoms with Crippen molar-refractivity contribution in [2.24, 2.45) is 10.7 Å². The second kappa shape index (κ2) is 5.07. The standard InChI is InChI=1S/C11H14F3N3/c1-8(15)5-6-16-9-3-4-10(11(12,13)14)17(2)7-9/h3-7,10H,15H2,1-2H3. The average molecular weight is 245 g/mol. The van der Waals surface area contributed by atoms with Crippen LogP contribution in [0.25, 0.3) is 0 Å². The molecule has 0 radical (unpaired) electrons. The molecule has 0 saturated carbocycles. The third-order valence-corrected chi connectivity index (χ3v) is 2.12. The van der Waals surface area contributed by atoms with Crippen molar-refractivity contribution in [2.75, 3.05) is 7.05 Å². The van der Waals surface area contributed by atoms with E-state index in [1.807, 2.05) is 0 Å². The minimum atomic E-state index is -4.27. The Morgan fingerprint density at radius 1 is 1.53 bits per heavy atom. The predicted octanol–water partition coefficient (Wildman–Crippen LogP) is 2.19. The van der Waals surface area contributed by atoms with Crippen molar-refractivity contribution in [1.29, 1.82) is 0 Å². The smallest absolute Gasteiger partial charge is 0.402 e. The summed E-state index contributed by atoms with van der Waals surface area (Å²) in [6.07, 6.45) is 2.51. The van der Waals surface area contributed by atoms with Gasteiger partial charge < -0.3 is 10.6 Å². The highest BCUT2D eigenvalue weighted by molar-refractivity contribution is 5.73. The maximum Gasteiger partial charge on any atom is 0.412 e. The molecule has 1 aliphatic rings. The molecule has 0 spiro atoms. The highest BCUT2D eigenvalue weighted by Crippen LogP contribution is 2.28. The fourth-order valence-corrected chi connectivity index (χ4v) is 1.31. The molecule has 6 heteroatoms. The van der Waals surface area contributed by atoms with E-state index in [4.69, 9.17) is 5.73 Å². The highest BCUT2D eigenvalue weighted by atomic mass is 19.4. The molecule has 0 aromatic heterocycles. The first kappa shape index (κ1) is 13.3. The zero-order valence-corrected chi connectivity index (χ0v) is 9.57. The predicted molar refractivity (Wildman–Crippen MR) is 61.3 cm³/mol. The average Bonchev–Trinajstić information content (AvgIpc) is 2.14. The molecule has 0 aliphatic carbocycles. The van der Waals surface area contributed by atoms with Crippen LogP contribution in [0.3, 0.4) is 0 Å². The monoisotopic (exact) mass is 245 g/mol. The van der Waals surface area contributed by atoms with Gasteiger partial charge in [0, 0.05) is 25.2 Å². The zero-order valence-electron chi connectivity index (χ0n) is 9.57. The van der Waals surface area contributed by atoms with Gasteiger partial charge in [0.25, 0.3) is 0 Å². The third-order valence-electron chi connectivity index (χ3n) is 2.12. The lowest BCUT2D eigenvalue weighted by Gasteiger charge is -2.28. The van der Waals surface area contributed by atoms with Crippen LogP contribution in [0.5, 0.6) is 0 Å². The number of nitrogens with zero attached hydrogens (tertiary/aromatic N) is 2. The Morgan fingerprint density at radius 2 is 2.18 bits per heavy atom. The second-order valence-electron chi connectivity index (χ2n) is 3.75. The molecule has 0 saturated heterocycles. The summed E-state index contributed by atoms with van der Waals surface area (Å²) in [6.45, 7) is 1.70. The molecule has 94 valence electrons. The molecule has 1 heterocycles. The van der Waals surface area contributed by atoms with Crippen molar-refractivity contribution in [3.8, 4) is 0 Å². The molecule has 1 aliphatic heterocycles. The summed E-state index contributed by atoms with van der Waals surface area (Å²) in [4.78, 5) is 5.05. The van der Waals surface area contributed by atoms with Crippen LogP contribution in [-0.2, 0) is 0 Å². The van der Waals surface area contributed by atoms with Gasteiger partial charge in [0.2, 0.25) is 0 Å². The molecular weight excluding hydrogens is 231 g/mol. The van der Waals surface area contributed by atoms with Gasteiger partial charge in [-0.15, -0.1) is 0 Å². The van der Waals surface area contributed by atoms with Crippen molar-refractivity contribution >= 4 is 6.21 Å². The Morgan fingerprint density at radius 3 is 2.65 bits per heavy atom. The van der Waals surface area contributed by atoms with Crippen LogP contribution >= 0.6 is 0 Å². The summed E-state index contributed by atoms with van der Waals surface area (Å²) in [5, 5.41) is 0. The quantitative estimate of drug-likeness (QED) is 0.758. The largest absolute Gasteiger partial charge is 0.412 e. The summed E-state index contributed by atoms with van der Waals surface area (Å²) in [5.74, 6) is 0. The number of allylic oxidation sites excluding steroid dienone is 3. The van der Waals surface area contributed by atoms with E-state index in [1.54, 1.807) is 13.0 Å². The van der Waals surface area contributed by atoms with Gasteiger partial charge in [0.1, 0.15) is 6.04 Å². The summed E-state index contributed by atoms with van der Waals surface area (Å²) in [7, 11) is 1.36. The van der Waals surface area contributed by atoms with E-state index in [2.05, 4.69) is 4.99 Å². The minimum absolute atomic E-state index is 0.450. The number of rotatable bonds is 2. The molecule has 1 unspecified atom stereocenters. The number of nitrogens with two attached hydrogens (primary N) is 1. The molecule has 1 rings (SSSR count). The first-order valence-electron chi connectivity index (χ1n) is 4.96. The summed E-state index contributed by atoms with van der Waals surface area (Å²) in [6, 6.07) is -1.59. The number of halogens is 3. The van der Waals surface area contributed by atoms with Crippen LogP contribution in [0.15, 0.2) is 40.8 Å². The van der Waals surface area contributed by atoms with E-state index < -0.39 is 12.2 Å². The van der Waals surface area contributed by atoms with Crippen LogP contribution in [-0.4, -0.2) is 30.4 Å². The Balaban J connectivity index is 2.74. The summed E-state index contributed by atoms with van der Waals surface area (Å²) in [5.41, 5.74) is 6.42. The van der Waals surface area contributed by atoms with E-state index in [0.717, 1.165) is 11.0 Å². The number of alkyl halides is 3. The molecule has 1 atom stereocenters. The Hall–Kier alpha value is -1.72. The van der Waals surface area contributed by atoms with Crippen molar-refractivity contribution in [3.05, 3.63) is 35.8 Å². The lowest BCUT2D eigenvalue weighted by atomic mass is 10.1. The highest BCUT2D eigenvalue weighted by Gasteiger charge is 2.40. The van der Waals surface area contributed by atoms with Gasteiger partial charge in [0.15, 0.2) is 0 Å². The van der Waals surface area contributed by atoms with Gasteiger partial charge in [-0.25, -0.2) is 0 Å². The van der Waals surface area contributed by atoms with Gasteiger partial charge in [-0.2, -0.15) is 13.2 Å². The lowest BCUT2D eigenvalue weighted by Crippen LogP contribution is -2.40. The van der Waals surface area contributed by atoms with E-state index >= 15 is 0 Å². The Kier molecular flexibility index (Phi) is 3.98. The fraction of sp³-hybridized carbons (Fsp3) is 0.364. The Bertz CT molecular complexity index is 387. The molecule has 17 heavy (non-hydrogen) atoms. The molecule has 0 fully saturated rings. The van der Waals surface area contributed by atoms with Crippen LogP contribution < -0.4 is 5.73 Å². The molecule has 0 bridgehead atoms. The van der Waals surface area contributed by atoms with Crippen molar-refractivity contribution in [1.82, 2.24) is 4.90 Å². The van der Waals surface area contributed by atoms with E-state index in [0.29, 0.717) is 11.4 Å². The summed E-state index contributed by atoms with van der Waals surface area (Å²) >= 11 is 0. The third kappa shape index (κ3) is 3.97. The van der Waals surface area contributed by atoms with Crippen LogP contribution in [0.1, 0.15) is 6.92 Å². The minimum Gasteiger partial charge on any atom is -0.402 e. The first-order valence-corrected chi connectivity index (χ1v) is 4.96. The van der Waals surface area contributed by atoms with Crippen LogP contribution in [0.4, 0.5) is 13.2 Å². The maximum atomic E-state index is 12.5. The van der Waals surface area contributed by atoms with Gasteiger partial charge in [-0.1, -0.05) is 6.08 Å². The molecule has 2 N–H and O–H groups in total. The Labute approximate surface area is 97.8 Å². The van der Waals surface area contributed by atoms with Crippen molar-refractivity contribution in [2.45, 2.75) is 19.1 Å². The van der Waals surface area contributed by atoms with E-state index in [9.17, 15) is 13.2 Å². The molecule has 3 nitrogen and oxygen atoms in total. The van der Waals surface area contributed by atoms with Gasteiger partial charge in [-0.3, -0.25) is 4.99 Å². The zero-order chi connectivity index (χ0) is 13.1.